The van der Waals surface area contributed by atoms with E-state index in [4.69, 9.17) is 14.2 Å². The van der Waals surface area contributed by atoms with Gasteiger partial charge in [-0.3, -0.25) is 14.4 Å². The quantitative estimate of drug-likeness (QED) is 0.0261. The van der Waals surface area contributed by atoms with Crippen molar-refractivity contribution in [3.05, 3.63) is 109 Å². The Bertz CT molecular complexity index is 1590. The largest absolute Gasteiger partial charge is 0.462 e. The molecule has 0 N–H and O–H groups in total. The van der Waals surface area contributed by atoms with Crippen LogP contribution in [0.3, 0.4) is 0 Å². The molecule has 0 aromatic rings. The molecule has 0 bridgehead atoms. The summed E-state index contributed by atoms with van der Waals surface area (Å²) in [5.74, 6) is -0.926. The Hall–Kier alpha value is -3.93. The van der Waals surface area contributed by atoms with E-state index in [0.717, 1.165) is 135 Å². The molecule has 0 spiro atoms. The summed E-state index contributed by atoms with van der Waals surface area (Å²) in [5, 5.41) is 0. The summed E-state index contributed by atoms with van der Waals surface area (Å²) in [6, 6.07) is 0. The van der Waals surface area contributed by atoms with Gasteiger partial charge in [-0.05, 0) is 122 Å². The number of carbonyl (C=O) groups excluding carboxylic acids is 3. The van der Waals surface area contributed by atoms with Crippen molar-refractivity contribution in [2.24, 2.45) is 0 Å². The van der Waals surface area contributed by atoms with Crippen molar-refractivity contribution < 1.29 is 28.6 Å². The van der Waals surface area contributed by atoms with Crippen LogP contribution in [0.15, 0.2) is 109 Å². The minimum atomic E-state index is -0.797. The lowest BCUT2D eigenvalue weighted by atomic mass is 10.0. The van der Waals surface area contributed by atoms with E-state index < -0.39 is 6.10 Å². The summed E-state index contributed by atoms with van der Waals surface area (Å²) >= 11 is 0. The number of hydrogen-bond donors (Lipinski definition) is 0. The molecule has 0 radical (unpaired) electrons. The fourth-order valence-corrected chi connectivity index (χ4v) is 9.30. The predicted molar refractivity (Wildman–Crippen MR) is 343 cm³/mol. The van der Waals surface area contributed by atoms with Crippen molar-refractivity contribution in [3.63, 3.8) is 0 Å². The third-order valence-electron chi connectivity index (χ3n) is 14.2. The predicted octanol–water partition coefficient (Wildman–Crippen LogP) is 23.0. The number of esters is 3. The third kappa shape index (κ3) is 64.8. The summed E-state index contributed by atoms with van der Waals surface area (Å²) in [5.41, 5.74) is 0. The maximum Gasteiger partial charge on any atom is 0.306 e. The number of ether oxygens (including phenoxy) is 3. The van der Waals surface area contributed by atoms with E-state index in [1.165, 1.54) is 141 Å². The average Bonchev–Trinajstić information content (AvgIpc) is 3.45. The SMILES string of the molecule is CC/C=C\C/C=C\C/C=C\C/C=C\CCCCCCCCCCCCCCCCCCCCCCC(=O)OCC(COC(=O)CCCCC/C=C\C/C=C\C/C=C\CC)OC(=O)CCCCCCC/C=C\C/C=C\CCCCC. The van der Waals surface area contributed by atoms with Crippen molar-refractivity contribution in [2.45, 2.75) is 322 Å². The first-order valence-corrected chi connectivity index (χ1v) is 33.4. The van der Waals surface area contributed by atoms with Crippen molar-refractivity contribution in [1.82, 2.24) is 0 Å². The zero-order valence-electron chi connectivity index (χ0n) is 51.9. The number of rotatable bonds is 60. The summed E-state index contributed by atoms with van der Waals surface area (Å²) < 4.78 is 16.9. The molecule has 0 fully saturated rings. The molecule has 0 saturated heterocycles. The van der Waals surface area contributed by atoms with Gasteiger partial charge >= 0.3 is 17.9 Å². The fraction of sp³-hybridized carbons (Fsp3) is 0.712. The summed E-state index contributed by atoms with van der Waals surface area (Å²) in [7, 11) is 0. The van der Waals surface area contributed by atoms with E-state index in [-0.39, 0.29) is 31.1 Å². The van der Waals surface area contributed by atoms with Crippen molar-refractivity contribution >= 4 is 17.9 Å². The minimum absolute atomic E-state index is 0.0910. The standard InChI is InChI=1S/C73H124O6/c1-4-7-10-13-16-19-22-25-27-28-29-30-31-32-33-34-35-36-37-38-39-40-41-42-43-44-46-48-51-54-57-60-63-66-72(75)78-69-70(68-77-71(74)65-62-59-56-53-50-47-24-21-18-15-12-9-6-3)79-73(76)67-64-61-58-55-52-49-45-26-23-20-17-14-11-8-5-2/h7,9-10,12,16-21,25-27,29-30,45,47,50,70H,4-6,8,11,13-15,22-24,28,31-44,46,48-49,51-69H2,1-3H3/b10-7-,12-9-,19-16-,20-17-,21-18-,27-25-,30-29-,45-26-,50-47-. The smallest absolute Gasteiger partial charge is 0.306 e. The maximum atomic E-state index is 12.9. The van der Waals surface area contributed by atoms with Gasteiger partial charge in [-0.2, -0.15) is 0 Å². The highest BCUT2D eigenvalue weighted by atomic mass is 16.6. The third-order valence-corrected chi connectivity index (χ3v) is 14.2. The molecule has 6 nitrogen and oxygen atoms in total. The molecule has 0 saturated carbocycles. The second-order valence-electron chi connectivity index (χ2n) is 22.0. The topological polar surface area (TPSA) is 78.9 Å². The van der Waals surface area contributed by atoms with E-state index in [9.17, 15) is 14.4 Å². The highest BCUT2D eigenvalue weighted by Crippen LogP contribution is 2.17. The van der Waals surface area contributed by atoms with Gasteiger partial charge in [0.15, 0.2) is 6.10 Å². The van der Waals surface area contributed by atoms with Gasteiger partial charge in [-0.1, -0.05) is 284 Å². The van der Waals surface area contributed by atoms with Crippen LogP contribution in [0.5, 0.6) is 0 Å². The molecule has 0 amide bonds. The van der Waals surface area contributed by atoms with Crippen LogP contribution in [0.4, 0.5) is 0 Å². The van der Waals surface area contributed by atoms with Crippen LogP contribution in [-0.4, -0.2) is 37.2 Å². The van der Waals surface area contributed by atoms with E-state index in [1.54, 1.807) is 0 Å². The summed E-state index contributed by atoms with van der Waals surface area (Å²) in [4.78, 5) is 38.3. The van der Waals surface area contributed by atoms with Crippen LogP contribution in [0, 0.1) is 0 Å². The highest BCUT2D eigenvalue weighted by molar-refractivity contribution is 5.71. The Morgan fingerprint density at radius 2 is 0.494 bits per heavy atom. The maximum absolute atomic E-state index is 12.9. The van der Waals surface area contributed by atoms with Crippen LogP contribution in [-0.2, 0) is 28.6 Å². The summed E-state index contributed by atoms with van der Waals surface area (Å²) in [6.45, 7) is 6.37. The zero-order chi connectivity index (χ0) is 57.1. The Morgan fingerprint density at radius 3 is 0.785 bits per heavy atom. The highest BCUT2D eigenvalue weighted by Gasteiger charge is 2.19. The van der Waals surface area contributed by atoms with Crippen LogP contribution >= 0.6 is 0 Å². The van der Waals surface area contributed by atoms with Gasteiger partial charge in [0.2, 0.25) is 0 Å². The molecule has 0 aromatic heterocycles. The molecule has 6 heteroatoms. The molecule has 0 rings (SSSR count). The molecular formula is C73H124O6. The number of carbonyl (C=O) groups is 3. The van der Waals surface area contributed by atoms with Gasteiger partial charge < -0.3 is 14.2 Å². The Balaban J connectivity index is 4.16. The molecule has 0 aliphatic carbocycles. The second-order valence-corrected chi connectivity index (χ2v) is 22.0. The first kappa shape index (κ1) is 75.1. The molecule has 452 valence electrons. The van der Waals surface area contributed by atoms with Crippen molar-refractivity contribution in [3.8, 4) is 0 Å². The molecule has 0 heterocycles. The molecule has 79 heavy (non-hydrogen) atoms. The van der Waals surface area contributed by atoms with E-state index >= 15 is 0 Å². The van der Waals surface area contributed by atoms with Gasteiger partial charge in [0.25, 0.3) is 0 Å². The van der Waals surface area contributed by atoms with Gasteiger partial charge in [-0.15, -0.1) is 0 Å². The number of unbranched alkanes of at least 4 members (excludes halogenated alkanes) is 31. The monoisotopic (exact) mass is 1100 g/mol. The van der Waals surface area contributed by atoms with E-state index in [2.05, 4.69) is 130 Å². The van der Waals surface area contributed by atoms with E-state index in [0.29, 0.717) is 19.3 Å². The zero-order valence-corrected chi connectivity index (χ0v) is 51.9. The molecule has 1 unspecified atom stereocenters. The van der Waals surface area contributed by atoms with Gasteiger partial charge in [0, 0.05) is 19.3 Å². The minimum Gasteiger partial charge on any atom is -0.462 e. The van der Waals surface area contributed by atoms with Crippen LogP contribution in [0.1, 0.15) is 316 Å². The van der Waals surface area contributed by atoms with E-state index in [1.807, 2.05) is 0 Å². The molecule has 1 atom stereocenters. The first-order chi connectivity index (χ1) is 39.0. The van der Waals surface area contributed by atoms with Gasteiger partial charge in [0.1, 0.15) is 13.2 Å². The Morgan fingerprint density at radius 1 is 0.266 bits per heavy atom. The van der Waals surface area contributed by atoms with Crippen LogP contribution in [0.25, 0.3) is 0 Å². The van der Waals surface area contributed by atoms with Crippen molar-refractivity contribution in [2.75, 3.05) is 13.2 Å². The van der Waals surface area contributed by atoms with Crippen LogP contribution in [0.2, 0.25) is 0 Å². The Labute approximate surface area is 489 Å². The molecular weight excluding hydrogens is 973 g/mol. The normalized spacial score (nSPS) is 12.8. The number of allylic oxidation sites excluding steroid dienone is 18. The Kier molecular flexibility index (Phi) is 63.3. The average molecular weight is 1100 g/mol. The first-order valence-electron chi connectivity index (χ1n) is 33.4. The fourth-order valence-electron chi connectivity index (χ4n) is 9.30. The lowest BCUT2D eigenvalue weighted by molar-refractivity contribution is -0.167. The second kappa shape index (κ2) is 66.6. The van der Waals surface area contributed by atoms with Gasteiger partial charge in [-0.25, -0.2) is 0 Å². The molecule has 0 aliphatic heterocycles. The number of hydrogen-bond acceptors (Lipinski definition) is 6. The lowest BCUT2D eigenvalue weighted by Gasteiger charge is -2.18. The van der Waals surface area contributed by atoms with Crippen LogP contribution < -0.4 is 0 Å². The molecule has 0 aromatic carbocycles. The van der Waals surface area contributed by atoms with Gasteiger partial charge in [0.05, 0.1) is 0 Å². The van der Waals surface area contributed by atoms with Crippen molar-refractivity contribution in [1.29, 1.82) is 0 Å². The summed E-state index contributed by atoms with van der Waals surface area (Å²) in [6.07, 6.45) is 91.3. The molecule has 0 aliphatic rings. The lowest BCUT2D eigenvalue weighted by Crippen LogP contribution is -2.30.